The fourth-order valence-corrected chi connectivity index (χ4v) is 2.96. The molecule has 0 aromatic heterocycles. The van der Waals surface area contributed by atoms with Gasteiger partial charge in [0.25, 0.3) is 8.53 Å². The summed E-state index contributed by atoms with van der Waals surface area (Å²) in [6.07, 6.45) is 2.04. The number of nitrogens with one attached hydrogen (secondary N) is 1. The second-order valence-corrected chi connectivity index (χ2v) is 5.94. The molecule has 4 heteroatoms. The van der Waals surface area contributed by atoms with Crippen molar-refractivity contribution < 1.29 is 9.05 Å². The van der Waals surface area contributed by atoms with E-state index in [-0.39, 0.29) is 0 Å². The zero-order valence-electron chi connectivity index (χ0n) is 12.3. The highest BCUT2D eigenvalue weighted by atomic mass is 31.2. The van der Waals surface area contributed by atoms with E-state index in [0.29, 0.717) is 5.92 Å². The van der Waals surface area contributed by atoms with Crippen LogP contribution in [0.4, 0.5) is 0 Å². The summed E-state index contributed by atoms with van der Waals surface area (Å²) in [7, 11) is -0.945. The summed E-state index contributed by atoms with van der Waals surface area (Å²) >= 11 is 0. The summed E-state index contributed by atoms with van der Waals surface area (Å²) in [5.41, 5.74) is 1.34. The summed E-state index contributed by atoms with van der Waals surface area (Å²) in [6.45, 7) is 8.82. The minimum atomic E-state index is -0.945. The van der Waals surface area contributed by atoms with Gasteiger partial charge in [0.2, 0.25) is 0 Å². The van der Waals surface area contributed by atoms with Crippen LogP contribution in [0.15, 0.2) is 30.3 Å². The molecule has 0 radical (unpaired) electrons. The quantitative estimate of drug-likeness (QED) is 0.643. The minimum Gasteiger partial charge on any atom is -0.322 e. The van der Waals surface area contributed by atoms with Gasteiger partial charge in [-0.1, -0.05) is 51.1 Å². The van der Waals surface area contributed by atoms with Crippen molar-refractivity contribution in [2.24, 2.45) is 0 Å². The van der Waals surface area contributed by atoms with Crippen molar-refractivity contribution in [3.63, 3.8) is 0 Å². The van der Waals surface area contributed by atoms with E-state index in [9.17, 15) is 0 Å². The van der Waals surface area contributed by atoms with E-state index < -0.39 is 8.53 Å². The molecule has 0 heterocycles. The van der Waals surface area contributed by atoms with Crippen molar-refractivity contribution in [1.29, 1.82) is 0 Å². The van der Waals surface area contributed by atoms with Crippen LogP contribution in [0.1, 0.15) is 45.1 Å². The molecule has 1 unspecified atom stereocenters. The van der Waals surface area contributed by atoms with Crippen LogP contribution in [0, 0.1) is 0 Å². The Labute approximate surface area is 118 Å². The molecule has 0 aliphatic carbocycles. The molecule has 1 N–H and O–H groups in total. The molecule has 108 valence electrons. The lowest BCUT2D eigenvalue weighted by atomic mass is 10.0. The molecule has 1 aromatic carbocycles. The summed E-state index contributed by atoms with van der Waals surface area (Å²) in [4.78, 5) is 0. The standard InChI is InChI=1S/C15H26NO2P/c1-4-11-17-19(18-12-5-2)16-13-14(3)15-9-7-6-8-10-15/h6-10,14,16H,4-5,11-13H2,1-3H3. The van der Waals surface area contributed by atoms with Crippen LogP contribution in [-0.2, 0) is 9.05 Å². The van der Waals surface area contributed by atoms with Crippen LogP contribution in [0.25, 0.3) is 0 Å². The minimum absolute atomic E-state index is 0.460. The predicted octanol–water partition coefficient (Wildman–Crippen LogP) is 4.46. The first-order valence-corrected chi connectivity index (χ1v) is 8.30. The maximum Gasteiger partial charge on any atom is 0.255 e. The first-order valence-electron chi connectivity index (χ1n) is 7.12. The van der Waals surface area contributed by atoms with Gasteiger partial charge < -0.3 is 9.05 Å². The Morgan fingerprint density at radius 2 is 1.63 bits per heavy atom. The highest BCUT2D eigenvalue weighted by Crippen LogP contribution is 2.34. The van der Waals surface area contributed by atoms with E-state index in [1.807, 2.05) is 6.07 Å². The van der Waals surface area contributed by atoms with Gasteiger partial charge in [0.1, 0.15) is 0 Å². The molecular weight excluding hydrogens is 257 g/mol. The SMILES string of the molecule is CCCOP(NCC(C)c1ccccc1)OCCC. The second kappa shape index (κ2) is 10.3. The highest BCUT2D eigenvalue weighted by molar-refractivity contribution is 7.44. The fraction of sp³-hybridized carbons (Fsp3) is 0.600. The van der Waals surface area contributed by atoms with Gasteiger partial charge in [0.05, 0.1) is 13.2 Å². The Morgan fingerprint density at radius 1 is 1.05 bits per heavy atom. The number of rotatable bonds is 10. The Hall–Kier alpha value is -0.470. The normalized spacial score (nSPS) is 12.8. The van der Waals surface area contributed by atoms with E-state index in [2.05, 4.69) is 50.1 Å². The van der Waals surface area contributed by atoms with E-state index in [4.69, 9.17) is 9.05 Å². The molecule has 0 aliphatic heterocycles. The van der Waals surface area contributed by atoms with Crippen LogP contribution in [0.5, 0.6) is 0 Å². The third-order valence-electron chi connectivity index (χ3n) is 2.72. The van der Waals surface area contributed by atoms with Crippen molar-refractivity contribution >= 4 is 8.53 Å². The average Bonchev–Trinajstić information content (AvgIpc) is 2.47. The second-order valence-electron chi connectivity index (χ2n) is 4.60. The van der Waals surface area contributed by atoms with E-state index >= 15 is 0 Å². The van der Waals surface area contributed by atoms with Gasteiger partial charge in [-0.25, -0.2) is 5.09 Å². The van der Waals surface area contributed by atoms with Gasteiger partial charge in [-0.15, -0.1) is 0 Å². The fourth-order valence-electron chi connectivity index (χ4n) is 1.59. The molecular formula is C15H26NO2P. The third-order valence-corrected chi connectivity index (χ3v) is 4.00. The molecule has 0 spiro atoms. The number of hydrogen-bond donors (Lipinski definition) is 1. The molecule has 3 nitrogen and oxygen atoms in total. The van der Waals surface area contributed by atoms with Gasteiger partial charge >= 0.3 is 0 Å². The van der Waals surface area contributed by atoms with Crippen LogP contribution in [0.2, 0.25) is 0 Å². The molecule has 1 aromatic rings. The first-order chi connectivity index (χ1) is 9.27. The summed E-state index contributed by atoms with van der Waals surface area (Å²) in [5, 5.41) is 3.41. The van der Waals surface area contributed by atoms with Gasteiger partial charge in [-0.05, 0) is 24.3 Å². The topological polar surface area (TPSA) is 30.5 Å². The lowest BCUT2D eigenvalue weighted by Crippen LogP contribution is -2.18. The zero-order chi connectivity index (χ0) is 13.9. The molecule has 19 heavy (non-hydrogen) atoms. The van der Waals surface area contributed by atoms with E-state index in [0.717, 1.165) is 32.6 Å². The van der Waals surface area contributed by atoms with Crippen molar-refractivity contribution in [2.45, 2.75) is 39.5 Å². The van der Waals surface area contributed by atoms with Gasteiger partial charge in [-0.2, -0.15) is 0 Å². The van der Waals surface area contributed by atoms with Crippen molar-refractivity contribution in [1.82, 2.24) is 5.09 Å². The van der Waals surface area contributed by atoms with Crippen molar-refractivity contribution in [3.8, 4) is 0 Å². The zero-order valence-corrected chi connectivity index (χ0v) is 13.2. The molecule has 1 rings (SSSR count). The van der Waals surface area contributed by atoms with Crippen LogP contribution >= 0.6 is 8.53 Å². The van der Waals surface area contributed by atoms with Crippen LogP contribution in [-0.4, -0.2) is 19.8 Å². The Kier molecular flexibility index (Phi) is 9.02. The maximum absolute atomic E-state index is 5.71. The molecule has 0 amide bonds. The largest absolute Gasteiger partial charge is 0.322 e. The summed E-state index contributed by atoms with van der Waals surface area (Å²) in [6, 6.07) is 10.5. The maximum atomic E-state index is 5.71. The van der Waals surface area contributed by atoms with Crippen LogP contribution in [0.3, 0.4) is 0 Å². The number of benzene rings is 1. The molecule has 0 aliphatic rings. The van der Waals surface area contributed by atoms with Crippen molar-refractivity contribution in [3.05, 3.63) is 35.9 Å². The Bertz CT molecular complexity index is 313. The Morgan fingerprint density at radius 3 is 2.16 bits per heavy atom. The Balaban J connectivity index is 2.37. The van der Waals surface area contributed by atoms with Crippen LogP contribution < -0.4 is 5.09 Å². The smallest absolute Gasteiger partial charge is 0.255 e. The molecule has 0 saturated heterocycles. The average molecular weight is 283 g/mol. The predicted molar refractivity (Wildman–Crippen MR) is 82.3 cm³/mol. The first kappa shape index (κ1) is 16.6. The van der Waals surface area contributed by atoms with Crippen molar-refractivity contribution in [2.75, 3.05) is 19.8 Å². The summed E-state index contributed by atoms with van der Waals surface area (Å²) < 4.78 is 11.4. The molecule has 0 bridgehead atoms. The summed E-state index contributed by atoms with van der Waals surface area (Å²) in [5.74, 6) is 0.460. The highest BCUT2D eigenvalue weighted by Gasteiger charge is 2.12. The van der Waals surface area contributed by atoms with Gasteiger partial charge in [0, 0.05) is 6.54 Å². The lowest BCUT2D eigenvalue weighted by Gasteiger charge is -2.20. The lowest BCUT2D eigenvalue weighted by molar-refractivity contribution is 0.241. The van der Waals surface area contributed by atoms with E-state index in [1.165, 1.54) is 5.56 Å². The van der Waals surface area contributed by atoms with Gasteiger partial charge in [0.15, 0.2) is 0 Å². The number of hydrogen-bond acceptors (Lipinski definition) is 3. The molecule has 0 saturated carbocycles. The monoisotopic (exact) mass is 283 g/mol. The van der Waals surface area contributed by atoms with E-state index in [1.54, 1.807) is 0 Å². The van der Waals surface area contributed by atoms with Gasteiger partial charge in [-0.3, -0.25) is 0 Å². The molecule has 0 fully saturated rings. The molecule has 1 atom stereocenters. The third kappa shape index (κ3) is 7.03.